The molecule has 3 heterocycles. The molecule has 1 aromatic heterocycles. The van der Waals surface area contributed by atoms with Gasteiger partial charge in [0, 0.05) is 32.4 Å². The maximum atomic E-state index is 13.1. The molecular formula is C18H23ClN6O3. The van der Waals surface area contributed by atoms with Crippen molar-refractivity contribution in [2.75, 3.05) is 43.4 Å². The molecule has 150 valence electrons. The minimum absolute atomic E-state index is 0. The Kier molecular flexibility index (Phi) is 6.92. The van der Waals surface area contributed by atoms with Gasteiger partial charge in [0.05, 0.1) is 16.9 Å². The van der Waals surface area contributed by atoms with E-state index < -0.39 is 0 Å². The SMILES string of the molecule is CN1CCN(NC(=O)N2c3ccccc3C(=O)Nc3cccnc32)CC1.Cl.O. The predicted molar refractivity (Wildman–Crippen MR) is 109 cm³/mol. The molecule has 1 fully saturated rings. The van der Waals surface area contributed by atoms with E-state index in [0.29, 0.717) is 22.8 Å². The average molecular weight is 407 g/mol. The summed E-state index contributed by atoms with van der Waals surface area (Å²) in [7, 11) is 2.06. The molecule has 3 amide bonds. The summed E-state index contributed by atoms with van der Waals surface area (Å²) < 4.78 is 0. The Balaban J connectivity index is 0.00000140. The fraction of sp³-hybridized carbons (Fsp3) is 0.278. The number of urea groups is 1. The molecule has 9 nitrogen and oxygen atoms in total. The first-order valence-electron chi connectivity index (χ1n) is 8.53. The van der Waals surface area contributed by atoms with E-state index >= 15 is 0 Å². The number of nitrogens with zero attached hydrogens (tertiary/aromatic N) is 4. The van der Waals surface area contributed by atoms with Gasteiger partial charge in [-0.25, -0.2) is 19.7 Å². The molecule has 1 saturated heterocycles. The average Bonchev–Trinajstić information content (AvgIpc) is 2.77. The summed E-state index contributed by atoms with van der Waals surface area (Å²) in [6.45, 7) is 3.24. The Bertz CT molecular complexity index is 857. The molecular weight excluding hydrogens is 384 g/mol. The van der Waals surface area contributed by atoms with E-state index in [4.69, 9.17) is 0 Å². The Labute approximate surface area is 169 Å². The Morgan fingerprint density at radius 1 is 1.11 bits per heavy atom. The molecule has 1 aromatic carbocycles. The number of piperazine rings is 1. The highest BCUT2D eigenvalue weighted by Gasteiger charge is 2.31. The van der Waals surface area contributed by atoms with E-state index in [1.807, 2.05) is 5.01 Å². The van der Waals surface area contributed by atoms with Gasteiger partial charge in [0.2, 0.25) is 0 Å². The van der Waals surface area contributed by atoms with Crippen molar-refractivity contribution in [3.63, 3.8) is 0 Å². The Morgan fingerprint density at radius 2 is 1.82 bits per heavy atom. The van der Waals surface area contributed by atoms with Crippen LogP contribution in [-0.2, 0) is 0 Å². The number of aromatic nitrogens is 1. The summed E-state index contributed by atoms with van der Waals surface area (Å²) in [5, 5.41) is 4.73. The molecule has 2 aliphatic heterocycles. The number of hydrogen-bond acceptors (Lipinski definition) is 5. The van der Waals surface area contributed by atoms with Gasteiger partial charge in [-0.2, -0.15) is 0 Å². The van der Waals surface area contributed by atoms with Gasteiger partial charge in [-0.3, -0.25) is 10.2 Å². The number of likely N-dealkylation sites (N-methyl/N-ethyl adjacent to an activating group) is 1. The third kappa shape index (κ3) is 4.07. The molecule has 2 aliphatic rings. The first kappa shape index (κ1) is 21.6. The van der Waals surface area contributed by atoms with Crippen molar-refractivity contribution in [1.82, 2.24) is 20.3 Å². The number of rotatable bonds is 1. The van der Waals surface area contributed by atoms with Crippen LogP contribution < -0.4 is 15.6 Å². The van der Waals surface area contributed by atoms with Crippen LogP contribution in [0.25, 0.3) is 0 Å². The molecule has 28 heavy (non-hydrogen) atoms. The number of halogens is 1. The van der Waals surface area contributed by atoms with E-state index in [1.54, 1.807) is 42.6 Å². The lowest BCUT2D eigenvalue weighted by Gasteiger charge is -2.34. The predicted octanol–water partition coefficient (Wildman–Crippen LogP) is 1.25. The van der Waals surface area contributed by atoms with Crippen LogP contribution in [-0.4, -0.2) is 65.5 Å². The molecule has 2 aromatic rings. The van der Waals surface area contributed by atoms with E-state index in [2.05, 4.69) is 27.7 Å². The standard InChI is InChI=1S/C18H20N6O2.ClH.H2O/c1-22-9-11-23(12-10-22)21-18(26)24-15-7-3-2-5-13(15)17(25)20-14-6-4-8-19-16(14)24;;/h2-8H,9-12H2,1H3,(H,20,25)(H,21,26);1H;1H2. The number of nitrogens with one attached hydrogen (secondary N) is 2. The lowest BCUT2D eigenvalue weighted by molar-refractivity contribution is 0.102. The zero-order valence-corrected chi connectivity index (χ0v) is 16.2. The number of carbonyl (C=O) groups excluding carboxylic acids is 2. The van der Waals surface area contributed by atoms with Crippen LogP contribution in [0.3, 0.4) is 0 Å². The number of hydrazine groups is 1. The minimum atomic E-state index is -0.335. The monoisotopic (exact) mass is 406 g/mol. The van der Waals surface area contributed by atoms with Gasteiger partial charge >= 0.3 is 6.03 Å². The van der Waals surface area contributed by atoms with Crippen LogP contribution in [0.15, 0.2) is 42.6 Å². The Morgan fingerprint density at radius 3 is 2.57 bits per heavy atom. The van der Waals surface area contributed by atoms with Crippen molar-refractivity contribution in [3.05, 3.63) is 48.2 Å². The molecule has 10 heteroatoms. The molecule has 4 N–H and O–H groups in total. The van der Waals surface area contributed by atoms with Crippen molar-refractivity contribution in [1.29, 1.82) is 0 Å². The van der Waals surface area contributed by atoms with Gasteiger partial charge in [0.25, 0.3) is 5.91 Å². The summed E-state index contributed by atoms with van der Waals surface area (Å²) in [5.41, 5.74) is 4.39. The molecule has 0 spiro atoms. The van der Waals surface area contributed by atoms with Crippen molar-refractivity contribution in [2.24, 2.45) is 0 Å². The zero-order valence-electron chi connectivity index (χ0n) is 15.4. The molecule has 0 atom stereocenters. The van der Waals surface area contributed by atoms with Crippen LogP contribution in [0.5, 0.6) is 0 Å². The van der Waals surface area contributed by atoms with Gasteiger partial charge in [-0.15, -0.1) is 12.4 Å². The summed E-state index contributed by atoms with van der Waals surface area (Å²) in [5.74, 6) is 0.141. The third-order valence-electron chi connectivity index (χ3n) is 4.60. The summed E-state index contributed by atoms with van der Waals surface area (Å²) in [6, 6.07) is 10.2. The fourth-order valence-corrected chi connectivity index (χ4v) is 3.15. The summed E-state index contributed by atoms with van der Waals surface area (Å²) in [4.78, 5) is 33.7. The van der Waals surface area contributed by atoms with E-state index in [0.717, 1.165) is 26.2 Å². The first-order chi connectivity index (χ1) is 12.6. The van der Waals surface area contributed by atoms with Crippen molar-refractivity contribution in [3.8, 4) is 0 Å². The third-order valence-corrected chi connectivity index (χ3v) is 4.60. The highest BCUT2D eigenvalue weighted by molar-refractivity contribution is 6.16. The summed E-state index contributed by atoms with van der Waals surface area (Å²) in [6.07, 6.45) is 1.61. The number of benzene rings is 1. The van der Waals surface area contributed by atoms with Crippen LogP contribution >= 0.6 is 12.4 Å². The molecule has 0 bridgehead atoms. The number of hydrogen-bond donors (Lipinski definition) is 2. The van der Waals surface area contributed by atoms with E-state index in [-0.39, 0.29) is 29.8 Å². The quantitative estimate of drug-likeness (QED) is 0.740. The van der Waals surface area contributed by atoms with Crippen molar-refractivity contribution < 1.29 is 15.1 Å². The lowest BCUT2D eigenvalue weighted by Crippen LogP contribution is -2.55. The van der Waals surface area contributed by atoms with Crippen LogP contribution in [0, 0.1) is 0 Å². The fourth-order valence-electron chi connectivity index (χ4n) is 3.15. The van der Waals surface area contributed by atoms with Crippen LogP contribution in [0.2, 0.25) is 0 Å². The topological polar surface area (TPSA) is 112 Å². The van der Waals surface area contributed by atoms with Gasteiger partial charge < -0.3 is 15.7 Å². The van der Waals surface area contributed by atoms with E-state index in [9.17, 15) is 9.59 Å². The van der Waals surface area contributed by atoms with Gasteiger partial charge in [0.1, 0.15) is 0 Å². The van der Waals surface area contributed by atoms with E-state index in [1.165, 1.54) is 4.90 Å². The molecule has 4 rings (SSSR count). The number of anilines is 3. The second-order valence-corrected chi connectivity index (χ2v) is 6.39. The number of fused-ring (bicyclic) bond motifs is 2. The number of para-hydroxylation sites is 1. The maximum Gasteiger partial charge on any atom is 0.342 e. The van der Waals surface area contributed by atoms with Crippen LogP contribution in [0.1, 0.15) is 10.4 Å². The molecule has 0 aliphatic carbocycles. The van der Waals surface area contributed by atoms with Gasteiger partial charge in [-0.05, 0) is 31.3 Å². The highest BCUT2D eigenvalue weighted by Crippen LogP contribution is 2.36. The Hall–Kier alpha value is -2.72. The number of pyridine rings is 1. The van der Waals surface area contributed by atoms with Gasteiger partial charge in [-0.1, -0.05) is 12.1 Å². The second-order valence-electron chi connectivity index (χ2n) is 6.39. The van der Waals surface area contributed by atoms with Gasteiger partial charge in [0.15, 0.2) is 5.82 Å². The molecule has 0 unspecified atom stereocenters. The normalized spacial score (nSPS) is 16.5. The number of carbonyl (C=O) groups is 2. The zero-order chi connectivity index (χ0) is 18.1. The van der Waals surface area contributed by atoms with Crippen LogP contribution in [0.4, 0.5) is 22.0 Å². The lowest BCUT2D eigenvalue weighted by atomic mass is 10.1. The van der Waals surface area contributed by atoms with Crippen molar-refractivity contribution in [2.45, 2.75) is 0 Å². The summed E-state index contributed by atoms with van der Waals surface area (Å²) >= 11 is 0. The first-order valence-corrected chi connectivity index (χ1v) is 8.53. The largest absolute Gasteiger partial charge is 0.412 e. The number of amides is 3. The minimum Gasteiger partial charge on any atom is -0.412 e. The molecule has 0 radical (unpaired) electrons. The second kappa shape index (κ2) is 8.98. The van der Waals surface area contributed by atoms with Crippen molar-refractivity contribution >= 4 is 41.5 Å². The molecule has 0 saturated carbocycles. The highest BCUT2D eigenvalue weighted by atomic mass is 35.5. The smallest absolute Gasteiger partial charge is 0.342 e. The maximum absolute atomic E-state index is 13.1.